The average Bonchev–Trinajstić information content (AvgIpc) is 3.42. The van der Waals surface area contributed by atoms with Gasteiger partial charge in [-0.3, -0.25) is 19.8 Å². The SMILES string of the molecule is O=C(/C=C/c1cc2c(cc1[N+](=O)[O-])OCO2)NCc1ccc(CN2CCCC2)cc1. The molecule has 1 amide bonds. The second-order valence-corrected chi connectivity index (χ2v) is 7.37. The van der Waals surface area contributed by atoms with Gasteiger partial charge < -0.3 is 14.8 Å². The summed E-state index contributed by atoms with van der Waals surface area (Å²) in [6.45, 7) is 3.69. The standard InChI is InChI=1S/C22H23N3O5/c26-22(8-7-18-11-20-21(30-15-29-20)12-19(18)25(27)28)23-13-16-3-5-17(6-4-16)14-24-9-1-2-10-24/h3-8,11-12H,1-2,9-10,13-15H2,(H,23,26)/b8-7+. The summed E-state index contributed by atoms with van der Waals surface area (Å²) >= 11 is 0. The van der Waals surface area contributed by atoms with Gasteiger partial charge in [-0.15, -0.1) is 0 Å². The van der Waals surface area contributed by atoms with Gasteiger partial charge >= 0.3 is 0 Å². The van der Waals surface area contributed by atoms with E-state index in [2.05, 4.69) is 22.3 Å². The molecule has 0 saturated carbocycles. The molecule has 2 aromatic carbocycles. The summed E-state index contributed by atoms with van der Waals surface area (Å²) < 4.78 is 10.4. The topological polar surface area (TPSA) is 93.9 Å². The van der Waals surface area contributed by atoms with E-state index in [1.165, 1.54) is 42.7 Å². The molecule has 1 saturated heterocycles. The minimum atomic E-state index is -0.511. The van der Waals surface area contributed by atoms with Crippen molar-refractivity contribution in [1.29, 1.82) is 0 Å². The van der Waals surface area contributed by atoms with E-state index in [1.54, 1.807) is 0 Å². The Morgan fingerprint density at radius 3 is 2.47 bits per heavy atom. The fourth-order valence-electron chi connectivity index (χ4n) is 3.61. The number of fused-ring (bicyclic) bond motifs is 1. The molecule has 0 radical (unpaired) electrons. The van der Waals surface area contributed by atoms with Crippen molar-refractivity contribution >= 4 is 17.7 Å². The highest BCUT2D eigenvalue weighted by Crippen LogP contribution is 2.38. The monoisotopic (exact) mass is 409 g/mol. The summed E-state index contributed by atoms with van der Waals surface area (Å²) in [5.41, 5.74) is 2.40. The van der Waals surface area contributed by atoms with E-state index in [1.807, 2.05) is 12.1 Å². The quantitative estimate of drug-likeness (QED) is 0.429. The molecule has 0 aromatic heterocycles. The molecule has 1 N–H and O–H groups in total. The van der Waals surface area contributed by atoms with E-state index in [0.717, 1.165) is 25.2 Å². The Kier molecular flexibility index (Phi) is 5.94. The summed E-state index contributed by atoms with van der Waals surface area (Å²) in [4.78, 5) is 25.4. The highest BCUT2D eigenvalue weighted by Gasteiger charge is 2.22. The Morgan fingerprint density at radius 2 is 1.77 bits per heavy atom. The van der Waals surface area contributed by atoms with Crippen molar-refractivity contribution in [2.24, 2.45) is 0 Å². The number of ether oxygens (including phenoxy) is 2. The molecular weight excluding hydrogens is 386 g/mol. The first-order chi connectivity index (χ1) is 14.6. The largest absolute Gasteiger partial charge is 0.454 e. The Bertz CT molecular complexity index is 965. The molecule has 0 atom stereocenters. The zero-order valence-electron chi connectivity index (χ0n) is 16.5. The number of nitro groups is 1. The third kappa shape index (κ3) is 4.77. The van der Waals surface area contributed by atoms with E-state index >= 15 is 0 Å². The number of hydrogen-bond donors (Lipinski definition) is 1. The predicted molar refractivity (Wildman–Crippen MR) is 111 cm³/mol. The maximum absolute atomic E-state index is 12.2. The van der Waals surface area contributed by atoms with Crippen LogP contribution in [0.5, 0.6) is 11.5 Å². The van der Waals surface area contributed by atoms with Gasteiger partial charge in [0.15, 0.2) is 11.5 Å². The van der Waals surface area contributed by atoms with Crippen molar-refractivity contribution < 1.29 is 19.2 Å². The van der Waals surface area contributed by atoms with Gasteiger partial charge in [0.05, 0.1) is 16.6 Å². The van der Waals surface area contributed by atoms with E-state index in [9.17, 15) is 14.9 Å². The number of rotatable bonds is 7. The van der Waals surface area contributed by atoms with E-state index in [-0.39, 0.29) is 24.0 Å². The van der Waals surface area contributed by atoms with E-state index in [0.29, 0.717) is 18.0 Å². The highest BCUT2D eigenvalue weighted by atomic mass is 16.7. The van der Waals surface area contributed by atoms with Crippen LogP contribution in [0.3, 0.4) is 0 Å². The summed E-state index contributed by atoms with van der Waals surface area (Å²) in [7, 11) is 0. The molecule has 0 bridgehead atoms. The minimum absolute atomic E-state index is 0.0248. The second-order valence-electron chi connectivity index (χ2n) is 7.37. The molecule has 0 unspecified atom stereocenters. The Labute approximate surface area is 174 Å². The molecule has 2 aromatic rings. The number of nitro benzene ring substituents is 1. The zero-order valence-corrected chi connectivity index (χ0v) is 16.5. The van der Waals surface area contributed by atoms with Gasteiger partial charge in [-0.05, 0) is 49.2 Å². The lowest BCUT2D eigenvalue weighted by Gasteiger charge is -2.14. The van der Waals surface area contributed by atoms with Crippen LogP contribution in [0.15, 0.2) is 42.5 Å². The average molecular weight is 409 g/mol. The van der Waals surface area contributed by atoms with Gasteiger partial charge in [-0.1, -0.05) is 24.3 Å². The maximum atomic E-state index is 12.2. The summed E-state index contributed by atoms with van der Waals surface area (Å²) in [5, 5.41) is 14.1. The Morgan fingerprint density at radius 1 is 1.10 bits per heavy atom. The molecule has 0 spiro atoms. The number of nitrogens with one attached hydrogen (secondary N) is 1. The molecule has 2 heterocycles. The number of carbonyl (C=O) groups is 1. The first-order valence-electron chi connectivity index (χ1n) is 9.92. The van der Waals surface area contributed by atoms with Gasteiger partial charge in [0, 0.05) is 19.2 Å². The van der Waals surface area contributed by atoms with Crippen LogP contribution < -0.4 is 14.8 Å². The molecule has 2 aliphatic heterocycles. The smallest absolute Gasteiger partial charge is 0.280 e. The molecule has 8 heteroatoms. The van der Waals surface area contributed by atoms with E-state index < -0.39 is 4.92 Å². The van der Waals surface area contributed by atoms with Gasteiger partial charge in [0.1, 0.15) is 0 Å². The van der Waals surface area contributed by atoms with Gasteiger partial charge in [0.2, 0.25) is 12.7 Å². The summed E-state index contributed by atoms with van der Waals surface area (Å²) in [5.74, 6) is 0.425. The van der Waals surface area contributed by atoms with Gasteiger partial charge in [-0.25, -0.2) is 0 Å². The van der Waals surface area contributed by atoms with Crippen LogP contribution in [0.4, 0.5) is 5.69 Å². The fraction of sp³-hybridized carbons (Fsp3) is 0.318. The normalized spacial score (nSPS) is 15.6. The first-order valence-corrected chi connectivity index (χ1v) is 9.92. The first kappa shape index (κ1) is 19.9. The Balaban J connectivity index is 1.33. The molecular formula is C22H23N3O5. The molecule has 8 nitrogen and oxygen atoms in total. The van der Waals surface area contributed by atoms with Crippen LogP contribution in [-0.2, 0) is 17.9 Å². The molecule has 2 aliphatic rings. The van der Waals surface area contributed by atoms with E-state index in [4.69, 9.17) is 9.47 Å². The number of carbonyl (C=O) groups excluding carboxylic acids is 1. The highest BCUT2D eigenvalue weighted by molar-refractivity contribution is 5.92. The Hall–Kier alpha value is -3.39. The molecule has 0 aliphatic carbocycles. The van der Waals surface area contributed by atoms with Crippen molar-refractivity contribution in [3.8, 4) is 11.5 Å². The molecule has 30 heavy (non-hydrogen) atoms. The van der Waals surface area contributed by atoms with Crippen LogP contribution in [0.2, 0.25) is 0 Å². The van der Waals surface area contributed by atoms with Crippen LogP contribution in [0.25, 0.3) is 6.08 Å². The zero-order chi connectivity index (χ0) is 20.9. The number of hydrogen-bond acceptors (Lipinski definition) is 6. The van der Waals surface area contributed by atoms with Crippen LogP contribution >= 0.6 is 0 Å². The molecule has 4 rings (SSSR count). The lowest BCUT2D eigenvalue weighted by Crippen LogP contribution is -2.20. The van der Waals surface area contributed by atoms with Crippen molar-refractivity contribution in [2.75, 3.05) is 19.9 Å². The summed E-state index contributed by atoms with van der Waals surface area (Å²) in [6.07, 6.45) is 5.24. The second kappa shape index (κ2) is 8.96. The van der Waals surface area contributed by atoms with Crippen molar-refractivity contribution in [2.45, 2.75) is 25.9 Å². The number of amides is 1. The predicted octanol–water partition coefficient (Wildman–Crippen LogP) is 3.25. The fourth-order valence-corrected chi connectivity index (χ4v) is 3.61. The van der Waals surface area contributed by atoms with Crippen molar-refractivity contribution in [1.82, 2.24) is 10.2 Å². The van der Waals surface area contributed by atoms with Crippen LogP contribution in [0.1, 0.15) is 29.5 Å². The lowest BCUT2D eigenvalue weighted by molar-refractivity contribution is -0.385. The third-order valence-electron chi connectivity index (χ3n) is 5.23. The van der Waals surface area contributed by atoms with Crippen LogP contribution in [0, 0.1) is 10.1 Å². The number of benzene rings is 2. The van der Waals surface area contributed by atoms with Crippen molar-refractivity contribution in [3.63, 3.8) is 0 Å². The molecule has 1 fully saturated rings. The number of nitrogens with zero attached hydrogens (tertiary/aromatic N) is 2. The minimum Gasteiger partial charge on any atom is -0.454 e. The molecule has 156 valence electrons. The van der Waals surface area contributed by atoms with Crippen molar-refractivity contribution in [3.05, 3.63) is 69.3 Å². The third-order valence-corrected chi connectivity index (χ3v) is 5.23. The lowest BCUT2D eigenvalue weighted by atomic mass is 10.1. The van der Waals surface area contributed by atoms with Gasteiger partial charge in [0.25, 0.3) is 5.69 Å². The summed E-state index contributed by atoms with van der Waals surface area (Å²) in [6, 6.07) is 11.0. The van der Waals surface area contributed by atoms with Gasteiger partial charge in [-0.2, -0.15) is 0 Å². The number of likely N-dealkylation sites (tertiary alicyclic amines) is 1. The maximum Gasteiger partial charge on any atom is 0.280 e. The van der Waals surface area contributed by atoms with Crippen LogP contribution in [-0.4, -0.2) is 35.6 Å².